The molecule has 0 unspecified atom stereocenters. The van der Waals surface area contributed by atoms with E-state index in [-0.39, 0.29) is 18.4 Å². The maximum Gasteiger partial charge on any atom is 0.224 e. The Hall–Kier alpha value is -3.03. The van der Waals surface area contributed by atoms with Crippen molar-refractivity contribution < 1.29 is 8.78 Å². The van der Waals surface area contributed by atoms with Gasteiger partial charge in [-0.1, -0.05) is 0 Å². The van der Waals surface area contributed by atoms with Crippen molar-refractivity contribution in [2.24, 2.45) is 0 Å². The topological polar surface area (TPSA) is 71.4 Å². The standard InChI is InChI=1S/C21H24F2N6/c1-11(2)29-12(3)27-18-16(22)6-13(7-17(18)29)14-8-24-19-15(14)9-25-20(28-19)26-10-21(4,5)23/h6-9,11H,10H2,1-5H3,(H2,24,25,26,28). The second-order valence-electron chi connectivity index (χ2n) is 8.18. The zero-order chi connectivity index (χ0) is 20.9. The Labute approximate surface area is 167 Å². The first-order valence-corrected chi connectivity index (χ1v) is 9.59. The number of nitrogens with zero attached hydrogens (tertiary/aromatic N) is 4. The smallest absolute Gasteiger partial charge is 0.224 e. The van der Waals surface area contributed by atoms with E-state index in [4.69, 9.17) is 0 Å². The lowest BCUT2D eigenvalue weighted by Crippen LogP contribution is -2.25. The van der Waals surface area contributed by atoms with Crippen LogP contribution in [0, 0.1) is 12.7 Å². The molecule has 0 bridgehead atoms. The van der Waals surface area contributed by atoms with Crippen molar-refractivity contribution in [2.75, 3.05) is 11.9 Å². The number of rotatable bonds is 5. The van der Waals surface area contributed by atoms with Gasteiger partial charge in [0.05, 0.1) is 12.1 Å². The maximum absolute atomic E-state index is 14.8. The first-order valence-electron chi connectivity index (χ1n) is 9.59. The molecular weight excluding hydrogens is 374 g/mol. The number of aromatic amines is 1. The van der Waals surface area contributed by atoms with Gasteiger partial charge in [0.15, 0.2) is 5.82 Å². The molecule has 152 valence electrons. The lowest BCUT2D eigenvalue weighted by Gasteiger charge is -2.14. The van der Waals surface area contributed by atoms with Crippen molar-refractivity contribution in [3.63, 3.8) is 0 Å². The lowest BCUT2D eigenvalue weighted by atomic mass is 10.1. The van der Waals surface area contributed by atoms with Gasteiger partial charge in [0.1, 0.15) is 22.7 Å². The minimum Gasteiger partial charge on any atom is -0.351 e. The van der Waals surface area contributed by atoms with E-state index in [0.29, 0.717) is 17.1 Å². The van der Waals surface area contributed by atoms with E-state index in [1.807, 2.05) is 31.4 Å². The quantitative estimate of drug-likeness (QED) is 0.487. The highest BCUT2D eigenvalue weighted by molar-refractivity contribution is 5.96. The van der Waals surface area contributed by atoms with Gasteiger partial charge in [-0.05, 0) is 52.3 Å². The third kappa shape index (κ3) is 3.54. The van der Waals surface area contributed by atoms with Crippen LogP contribution in [0.25, 0.3) is 33.2 Å². The van der Waals surface area contributed by atoms with Crippen LogP contribution < -0.4 is 5.32 Å². The van der Waals surface area contributed by atoms with Crippen LogP contribution in [-0.4, -0.2) is 36.7 Å². The zero-order valence-corrected chi connectivity index (χ0v) is 17.1. The molecule has 0 spiro atoms. The molecule has 4 aromatic rings. The number of aromatic nitrogens is 5. The highest BCUT2D eigenvalue weighted by atomic mass is 19.1. The van der Waals surface area contributed by atoms with Gasteiger partial charge >= 0.3 is 0 Å². The van der Waals surface area contributed by atoms with Crippen molar-refractivity contribution in [1.29, 1.82) is 0 Å². The number of benzene rings is 1. The Bertz CT molecular complexity index is 1200. The number of halogens is 2. The summed E-state index contributed by atoms with van der Waals surface area (Å²) in [6.45, 7) is 9.05. The number of hydrogen-bond acceptors (Lipinski definition) is 4. The van der Waals surface area contributed by atoms with Gasteiger partial charge in [-0.3, -0.25) is 0 Å². The van der Waals surface area contributed by atoms with Gasteiger partial charge in [-0.15, -0.1) is 0 Å². The molecule has 3 heterocycles. The van der Waals surface area contributed by atoms with E-state index in [2.05, 4.69) is 25.3 Å². The minimum atomic E-state index is -1.37. The molecular formula is C21H24F2N6. The van der Waals surface area contributed by atoms with E-state index in [0.717, 1.165) is 27.9 Å². The summed E-state index contributed by atoms with van der Waals surface area (Å²) in [5.41, 5.74) is 1.87. The number of imidazole rings is 1. The monoisotopic (exact) mass is 398 g/mol. The first-order chi connectivity index (χ1) is 13.6. The molecule has 0 saturated carbocycles. The van der Waals surface area contributed by atoms with E-state index in [1.54, 1.807) is 12.4 Å². The third-order valence-corrected chi connectivity index (χ3v) is 4.85. The molecule has 0 fully saturated rings. The van der Waals surface area contributed by atoms with Gasteiger partial charge in [-0.2, -0.15) is 4.98 Å². The van der Waals surface area contributed by atoms with Crippen molar-refractivity contribution >= 4 is 28.0 Å². The third-order valence-electron chi connectivity index (χ3n) is 4.85. The van der Waals surface area contributed by atoms with E-state index in [9.17, 15) is 8.78 Å². The van der Waals surface area contributed by atoms with Crippen LogP contribution in [0.2, 0.25) is 0 Å². The average molecular weight is 398 g/mol. The average Bonchev–Trinajstić information content (AvgIpc) is 3.19. The first kappa shape index (κ1) is 19.3. The van der Waals surface area contributed by atoms with E-state index < -0.39 is 5.67 Å². The Kier molecular flexibility index (Phi) is 4.52. The molecule has 1 aromatic carbocycles. The summed E-state index contributed by atoms with van der Waals surface area (Å²) >= 11 is 0. The number of alkyl halides is 1. The Balaban J connectivity index is 1.78. The van der Waals surface area contributed by atoms with Crippen molar-refractivity contribution in [3.8, 4) is 11.1 Å². The molecule has 0 aliphatic rings. The molecule has 0 aliphatic heterocycles. The highest BCUT2D eigenvalue weighted by Crippen LogP contribution is 2.33. The molecule has 0 radical (unpaired) electrons. The van der Waals surface area contributed by atoms with Gasteiger partial charge in [0, 0.05) is 29.4 Å². The molecule has 0 atom stereocenters. The normalized spacial score (nSPS) is 12.4. The molecule has 6 nitrogen and oxygen atoms in total. The van der Waals surface area contributed by atoms with Crippen LogP contribution in [0.3, 0.4) is 0 Å². The van der Waals surface area contributed by atoms with E-state index >= 15 is 0 Å². The summed E-state index contributed by atoms with van der Waals surface area (Å²) in [6, 6.07) is 3.59. The predicted octanol–water partition coefficient (Wildman–Crippen LogP) is 5.16. The maximum atomic E-state index is 14.8. The Morgan fingerprint density at radius 2 is 2.00 bits per heavy atom. The summed E-state index contributed by atoms with van der Waals surface area (Å²) in [6.07, 6.45) is 3.45. The summed E-state index contributed by atoms with van der Waals surface area (Å²) < 4.78 is 30.5. The molecule has 0 aliphatic carbocycles. The van der Waals surface area contributed by atoms with Crippen molar-refractivity contribution in [2.45, 2.75) is 46.3 Å². The lowest BCUT2D eigenvalue weighted by molar-refractivity contribution is 0.234. The minimum absolute atomic E-state index is 0.104. The van der Waals surface area contributed by atoms with Gasteiger partial charge in [-0.25, -0.2) is 18.7 Å². The van der Waals surface area contributed by atoms with Gasteiger partial charge in [0.25, 0.3) is 0 Å². The predicted molar refractivity (Wildman–Crippen MR) is 111 cm³/mol. The number of anilines is 1. The van der Waals surface area contributed by atoms with Gasteiger partial charge in [0.2, 0.25) is 5.95 Å². The number of nitrogens with one attached hydrogen (secondary N) is 2. The van der Waals surface area contributed by atoms with Crippen LogP contribution in [0.15, 0.2) is 24.5 Å². The number of aryl methyl sites for hydroxylation is 1. The fourth-order valence-electron chi connectivity index (χ4n) is 3.60. The molecule has 8 heteroatoms. The Morgan fingerprint density at radius 3 is 2.69 bits per heavy atom. The summed E-state index contributed by atoms with van der Waals surface area (Å²) in [4.78, 5) is 16.2. The Morgan fingerprint density at radius 1 is 1.24 bits per heavy atom. The summed E-state index contributed by atoms with van der Waals surface area (Å²) in [7, 11) is 0. The van der Waals surface area contributed by atoms with Gasteiger partial charge < -0.3 is 14.9 Å². The van der Waals surface area contributed by atoms with Crippen molar-refractivity contribution in [3.05, 3.63) is 36.2 Å². The molecule has 4 rings (SSSR count). The second-order valence-corrected chi connectivity index (χ2v) is 8.18. The SMILES string of the molecule is Cc1nc2c(F)cc(-c3c[nH]c4nc(NCC(C)(C)F)ncc34)cc2n1C(C)C. The van der Waals surface area contributed by atoms with Crippen LogP contribution in [0.4, 0.5) is 14.7 Å². The summed E-state index contributed by atoms with van der Waals surface area (Å²) in [5, 5.41) is 3.66. The largest absolute Gasteiger partial charge is 0.351 e. The molecule has 2 N–H and O–H groups in total. The fourth-order valence-corrected chi connectivity index (χ4v) is 3.60. The highest BCUT2D eigenvalue weighted by Gasteiger charge is 2.18. The van der Waals surface area contributed by atoms with Crippen LogP contribution in [0.1, 0.15) is 39.6 Å². The number of hydrogen-bond donors (Lipinski definition) is 2. The summed E-state index contributed by atoms with van der Waals surface area (Å²) in [5.74, 6) is 0.755. The number of H-pyrrole nitrogens is 1. The fraction of sp³-hybridized carbons (Fsp3) is 0.381. The van der Waals surface area contributed by atoms with Crippen molar-refractivity contribution in [1.82, 2.24) is 24.5 Å². The van der Waals surface area contributed by atoms with Crippen LogP contribution in [0.5, 0.6) is 0 Å². The van der Waals surface area contributed by atoms with Crippen LogP contribution >= 0.6 is 0 Å². The van der Waals surface area contributed by atoms with E-state index in [1.165, 1.54) is 19.9 Å². The molecule has 3 aromatic heterocycles. The molecule has 0 saturated heterocycles. The molecule has 0 amide bonds. The number of fused-ring (bicyclic) bond motifs is 2. The van der Waals surface area contributed by atoms with Crippen LogP contribution in [-0.2, 0) is 0 Å². The zero-order valence-electron chi connectivity index (χ0n) is 17.1. The second kappa shape index (κ2) is 6.79. The molecule has 29 heavy (non-hydrogen) atoms.